The zero-order valence-electron chi connectivity index (χ0n) is 25.0. The van der Waals surface area contributed by atoms with Crippen molar-refractivity contribution in [3.8, 4) is 0 Å². The van der Waals surface area contributed by atoms with Crippen molar-refractivity contribution in [2.24, 2.45) is 5.92 Å². The summed E-state index contributed by atoms with van der Waals surface area (Å²) in [6.07, 6.45) is -2.24. The summed E-state index contributed by atoms with van der Waals surface area (Å²) in [7, 11) is 0. The van der Waals surface area contributed by atoms with Crippen LogP contribution in [0, 0.1) is 5.92 Å². The van der Waals surface area contributed by atoms with E-state index in [2.05, 4.69) is 10.6 Å². The van der Waals surface area contributed by atoms with Gasteiger partial charge in [0.15, 0.2) is 0 Å². The van der Waals surface area contributed by atoms with E-state index in [-0.39, 0.29) is 38.9 Å². The van der Waals surface area contributed by atoms with Crippen molar-refractivity contribution < 1.29 is 47.0 Å². The summed E-state index contributed by atoms with van der Waals surface area (Å²) in [5.74, 6) is -4.10. The van der Waals surface area contributed by atoms with Gasteiger partial charge in [0, 0.05) is 30.3 Å². The lowest BCUT2D eigenvalue weighted by molar-refractivity contribution is -0.147. The number of rotatable bonds is 5. The minimum absolute atomic E-state index is 0.115. The number of ether oxygens (including phenoxy) is 1. The van der Waals surface area contributed by atoms with Gasteiger partial charge in [-0.1, -0.05) is 48.7 Å². The topological polar surface area (TPSA) is 145 Å². The lowest BCUT2D eigenvalue weighted by atomic mass is 10.0. The number of aliphatic carboxylic acids is 1. The lowest BCUT2D eigenvalue weighted by Crippen LogP contribution is -2.56. The Hall–Kier alpha value is -3.81. The number of halogens is 4. The number of benzene rings is 1. The molecule has 4 aliphatic rings. The molecule has 0 radical (unpaired) electrons. The van der Waals surface area contributed by atoms with Gasteiger partial charge >= 0.3 is 18.2 Å². The van der Waals surface area contributed by atoms with E-state index in [0.29, 0.717) is 30.7 Å². The van der Waals surface area contributed by atoms with Gasteiger partial charge in [0.2, 0.25) is 17.7 Å². The van der Waals surface area contributed by atoms with Gasteiger partial charge in [-0.25, -0.2) is 9.59 Å². The average molecular weight is 669 g/mol. The van der Waals surface area contributed by atoms with E-state index < -0.39 is 78.4 Å². The molecular formula is C31H36ClF3N4O7. The van der Waals surface area contributed by atoms with E-state index in [1.54, 1.807) is 18.2 Å². The second-order valence-corrected chi connectivity index (χ2v) is 12.8. The minimum atomic E-state index is -4.56. The number of carbonyl (C=O) groups is 5. The van der Waals surface area contributed by atoms with E-state index in [0.717, 1.165) is 16.0 Å². The van der Waals surface area contributed by atoms with Crippen molar-refractivity contribution in [2.75, 3.05) is 6.54 Å². The third kappa shape index (κ3) is 7.59. The summed E-state index contributed by atoms with van der Waals surface area (Å²) in [6, 6.07) is 2.83. The molecule has 1 aromatic carbocycles. The molecule has 5 atom stereocenters. The number of nitrogens with one attached hydrogen (secondary N) is 2. The number of allylic oxidation sites excluding steroid dienone is 1. The number of carboxylic acids is 1. The van der Waals surface area contributed by atoms with Gasteiger partial charge in [-0.2, -0.15) is 13.2 Å². The fourth-order valence-corrected chi connectivity index (χ4v) is 6.65. The first kappa shape index (κ1) is 33.6. The van der Waals surface area contributed by atoms with Crippen LogP contribution in [0.25, 0.3) is 0 Å². The number of fused-ring (bicyclic) bond motifs is 3. The molecule has 46 heavy (non-hydrogen) atoms. The Kier molecular flexibility index (Phi) is 9.85. The maximum atomic E-state index is 13.9. The molecule has 3 aliphatic heterocycles. The van der Waals surface area contributed by atoms with Gasteiger partial charge < -0.3 is 25.4 Å². The van der Waals surface area contributed by atoms with Crippen molar-refractivity contribution >= 4 is 41.4 Å². The van der Waals surface area contributed by atoms with Gasteiger partial charge in [0.1, 0.15) is 23.7 Å². The Morgan fingerprint density at radius 3 is 2.65 bits per heavy atom. The molecule has 0 unspecified atom stereocenters. The van der Waals surface area contributed by atoms with Crippen LogP contribution in [0.4, 0.5) is 18.0 Å². The third-order valence-electron chi connectivity index (χ3n) is 9.04. The fraction of sp³-hybridized carbons (Fsp3) is 0.581. The van der Waals surface area contributed by atoms with Gasteiger partial charge in [0.05, 0.1) is 19.5 Å². The first-order chi connectivity index (χ1) is 21.8. The van der Waals surface area contributed by atoms with E-state index in [1.807, 2.05) is 12.1 Å². The number of carbonyl (C=O) groups excluding carboxylic acids is 4. The highest BCUT2D eigenvalue weighted by atomic mass is 35.5. The molecule has 0 spiro atoms. The molecule has 1 saturated heterocycles. The molecule has 2 fully saturated rings. The Morgan fingerprint density at radius 2 is 1.93 bits per heavy atom. The van der Waals surface area contributed by atoms with Crippen LogP contribution >= 0.6 is 11.6 Å². The van der Waals surface area contributed by atoms with E-state index in [9.17, 15) is 42.3 Å². The summed E-state index contributed by atoms with van der Waals surface area (Å²) >= 11 is 6.28. The van der Waals surface area contributed by atoms with Crippen molar-refractivity contribution in [3.05, 3.63) is 46.5 Å². The van der Waals surface area contributed by atoms with E-state index in [4.69, 9.17) is 16.3 Å². The molecule has 250 valence electrons. The van der Waals surface area contributed by atoms with Crippen molar-refractivity contribution in [1.29, 1.82) is 0 Å². The molecular weight excluding hydrogens is 633 g/mol. The zero-order chi connectivity index (χ0) is 33.2. The largest absolute Gasteiger partial charge is 0.479 e. The minimum Gasteiger partial charge on any atom is -0.479 e. The molecule has 1 saturated carbocycles. The van der Waals surface area contributed by atoms with Crippen LogP contribution in [0.5, 0.6) is 0 Å². The van der Waals surface area contributed by atoms with Crippen LogP contribution in [0.2, 0.25) is 5.02 Å². The average Bonchev–Trinajstić information content (AvgIpc) is 3.30. The summed E-state index contributed by atoms with van der Waals surface area (Å²) in [5, 5.41) is 15.5. The number of nitrogens with zero attached hydrogens (tertiary/aromatic N) is 2. The standard InChI is InChI=1S/C31H36ClF3N4O7/c32-22-9-6-7-18-15-38(17-21(18)22)29(45)46-20-13-24-26(41)37-30(28(43)44)14-19(30)8-4-2-1-3-5-10-23(27(42)39(24)16-20)36-25(40)11-12-31(33,34)35/h4,6-9,19-20,23-24H,1-3,5,10-17H2,(H,36,40)(H,37,41)(H,43,44)/b8-4-/t19-,20-,23+,24+,30-/m1/s1. The molecule has 1 aromatic rings. The Morgan fingerprint density at radius 1 is 1.15 bits per heavy atom. The van der Waals surface area contributed by atoms with E-state index >= 15 is 0 Å². The lowest BCUT2D eigenvalue weighted by Gasteiger charge is -2.29. The molecule has 0 bridgehead atoms. The Bertz CT molecular complexity index is 1420. The predicted molar refractivity (Wildman–Crippen MR) is 157 cm³/mol. The van der Waals surface area contributed by atoms with Crippen LogP contribution in [0.15, 0.2) is 30.4 Å². The summed E-state index contributed by atoms with van der Waals surface area (Å²) in [5.41, 5.74) is 0.0864. The second kappa shape index (κ2) is 13.5. The van der Waals surface area contributed by atoms with Crippen LogP contribution in [0.1, 0.15) is 68.9 Å². The molecule has 0 aromatic heterocycles. The van der Waals surface area contributed by atoms with E-state index in [1.165, 1.54) is 4.90 Å². The molecule has 3 N–H and O–H groups in total. The Labute approximate surface area is 268 Å². The van der Waals surface area contributed by atoms with Gasteiger partial charge in [0.25, 0.3) is 0 Å². The van der Waals surface area contributed by atoms with Gasteiger partial charge in [-0.3, -0.25) is 19.3 Å². The molecule has 1 aliphatic carbocycles. The number of amides is 4. The van der Waals surface area contributed by atoms with Crippen molar-refractivity contribution in [1.82, 2.24) is 20.4 Å². The van der Waals surface area contributed by atoms with Crippen LogP contribution < -0.4 is 10.6 Å². The monoisotopic (exact) mass is 668 g/mol. The normalized spacial score (nSPS) is 29.0. The van der Waals surface area contributed by atoms with Crippen LogP contribution in [0.3, 0.4) is 0 Å². The van der Waals surface area contributed by atoms with Gasteiger partial charge in [-0.05, 0) is 42.9 Å². The van der Waals surface area contributed by atoms with Crippen LogP contribution in [-0.2, 0) is 37.0 Å². The van der Waals surface area contributed by atoms with Crippen molar-refractivity contribution in [2.45, 2.75) is 101 Å². The highest BCUT2D eigenvalue weighted by Crippen LogP contribution is 2.45. The zero-order valence-corrected chi connectivity index (χ0v) is 25.7. The maximum Gasteiger partial charge on any atom is 0.410 e. The maximum absolute atomic E-state index is 13.9. The SMILES string of the molecule is O=C(CCC(F)(F)F)N[C@H]1CCCCC/C=C\[C@@H]2C[C@@]2(C(=O)O)NC(=O)[C@@H]2C[C@@H](OC(=O)N3Cc4cccc(Cl)c4C3)CN2C1=O. The second-order valence-electron chi connectivity index (χ2n) is 12.4. The quantitative estimate of drug-likeness (QED) is 0.401. The number of carboxylic acid groups (broad SMARTS) is 1. The van der Waals surface area contributed by atoms with Gasteiger partial charge in [-0.15, -0.1) is 0 Å². The molecule has 4 amide bonds. The summed E-state index contributed by atoms with van der Waals surface area (Å²) in [6.45, 7) is 0.216. The first-order valence-electron chi connectivity index (χ1n) is 15.4. The van der Waals surface area contributed by atoms with Crippen molar-refractivity contribution in [3.63, 3.8) is 0 Å². The molecule has 15 heteroatoms. The summed E-state index contributed by atoms with van der Waals surface area (Å²) in [4.78, 5) is 68.1. The number of hydrogen-bond acceptors (Lipinski definition) is 6. The number of hydrogen-bond donors (Lipinski definition) is 3. The molecule has 11 nitrogen and oxygen atoms in total. The Balaban J connectivity index is 1.36. The summed E-state index contributed by atoms with van der Waals surface area (Å²) < 4.78 is 44.1. The predicted octanol–water partition coefficient (Wildman–Crippen LogP) is 4.07. The third-order valence-corrected chi connectivity index (χ3v) is 9.40. The highest BCUT2D eigenvalue weighted by molar-refractivity contribution is 6.31. The van der Waals surface area contributed by atoms with Crippen LogP contribution in [-0.4, -0.2) is 81.1 Å². The first-order valence-corrected chi connectivity index (χ1v) is 15.8. The fourth-order valence-electron chi connectivity index (χ4n) is 6.40. The molecule has 3 heterocycles. The highest BCUT2D eigenvalue weighted by Gasteiger charge is 2.61. The molecule has 5 rings (SSSR count). The number of alkyl halides is 3. The smallest absolute Gasteiger partial charge is 0.410 e.